The summed E-state index contributed by atoms with van der Waals surface area (Å²) in [6.45, 7) is 0. The molecule has 6 aliphatic rings. The molecular weight excluding hydrogens is 537 g/mol. The number of rotatable bonds is 2. The summed E-state index contributed by atoms with van der Waals surface area (Å²) in [6, 6.07) is 0. The molecule has 0 spiro atoms. The number of hydrogen-bond donors (Lipinski definition) is 0. The van der Waals surface area contributed by atoms with Crippen LogP contribution in [0.5, 0.6) is 0 Å². The minimum Gasteiger partial charge on any atom is -0.0864 e. The van der Waals surface area contributed by atoms with Gasteiger partial charge in [-0.25, -0.2) is 0 Å². The number of alkyl halides is 3. The fraction of sp³-hybridized carbons (Fsp3) is 1.00. The Morgan fingerprint density at radius 1 is 1.00 bits per heavy atom. The van der Waals surface area contributed by atoms with E-state index >= 15 is 0 Å². The molecule has 0 amide bonds. The van der Waals surface area contributed by atoms with Crippen LogP contribution >= 0.6 is 67.8 Å². The van der Waals surface area contributed by atoms with E-state index in [4.69, 9.17) is 0 Å². The van der Waals surface area contributed by atoms with Crippen LogP contribution in [0.4, 0.5) is 0 Å². The summed E-state index contributed by atoms with van der Waals surface area (Å²) in [5, 5.41) is 0. The van der Waals surface area contributed by atoms with Crippen molar-refractivity contribution in [3.8, 4) is 0 Å². The predicted molar refractivity (Wildman–Crippen MR) is 90.6 cm³/mol. The maximum absolute atomic E-state index is 2.88. The van der Waals surface area contributed by atoms with Crippen LogP contribution in [-0.2, 0) is 0 Å². The van der Waals surface area contributed by atoms with E-state index < -0.39 is 0 Å². The Balaban J connectivity index is 1.76. The third-order valence-corrected chi connectivity index (χ3v) is 11.2. The van der Waals surface area contributed by atoms with E-state index in [0.717, 1.165) is 19.2 Å². The molecule has 6 saturated carbocycles. The lowest BCUT2D eigenvalue weighted by atomic mass is 9.62. The monoisotopic (exact) mass is 552 g/mol. The van der Waals surface area contributed by atoms with Gasteiger partial charge in [0, 0.05) is 12.3 Å². The molecule has 6 fully saturated rings. The Morgan fingerprint density at radius 3 is 2.56 bits per heavy atom. The summed E-state index contributed by atoms with van der Waals surface area (Å²) < 4.78 is 3.52. The summed E-state index contributed by atoms with van der Waals surface area (Å²) >= 11 is 8.37. The highest BCUT2D eigenvalue weighted by Gasteiger charge is 2.87. The number of halogens is 3. The zero-order valence-electron chi connectivity index (χ0n) is 8.95. The second kappa shape index (κ2) is 3.09. The van der Waals surface area contributed by atoms with Crippen molar-refractivity contribution in [2.45, 2.75) is 20.7 Å². The summed E-state index contributed by atoms with van der Waals surface area (Å²) in [5.41, 5.74) is 0.825. The van der Waals surface area contributed by atoms with Gasteiger partial charge in [-0.15, -0.1) is 0 Å². The molecule has 3 heteroatoms. The van der Waals surface area contributed by atoms with Gasteiger partial charge in [0.05, 0.1) is 0 Å². The van der Waals surface area contributed by atoms with Crippen LogP contribution in [0.2, 0.25) is 0 Å². The SMILES string of the molecule is ICC[C@]12C3C4C([C@@H]5C[C@H]4C(C51)[C@@H]3I)[C@@H]2I. The molecule has 0 radical (unpaired) electrons. The largest absolute Gasteiger partial charge is 0.0864 e. The van der Waals surface area contributed by atoms with Gasteiger partial charge in [0.2, 0.25) is 0 Å². The zero-order valence-corrected chi connectivity index (χ0v) is 15.4. The van der Waals surface area contributed by atoms with Crippen LogP contribution in [0.15, 0.2) is 0 Å². The van der Waals surface area contributed by atoms with Crippen LogP contribution in [0, 0.1) is 46.8 Å². The molecule has 0 aromatic rings. The Kier molecular flexibility index (Phi) is 2.11. The molecular formula is C13H15I3. The van der Waals surface area contributed by atoms with E-state index in [1.54, 1.807) is 12.8 Å². The lowest BCUT2D eigenvalue weighted by molar-refractivity contribution is 0.0549. The van der Waals surface area contributed by atoms with Gasteiger partial charge in [-0.1, -0.05) is 67.8 Å². The van der Waals surface area contributed by atoms with E-state index in [1.807, 2.05) is 0 Å². The standard InChI is InChI=1S/C13H15I3/c14-2-1-13-9-5-3-4-6(7(5)12(13)16)10(13)11(15)8(4)9/h4-12H,1-3H2/t4-,5+,6?,7?,8?,9?,10?,11+,12+,13-/m1/s1. The fourth-order valence-corrected chi connectivity index (χ4v) is 12.6. The van der Waals surface area contributed by atoms with Crippen LogP contribution < -0.4 is 0 Å². The van der Waals surface area contributed by atoms with E-state index in [-0.39, 0.29) is 0 Å². The van der Waals surface area contributed by atoms with E-state index in [2.05, 4.69) is 67.8 Å². The molecule has 0 saturated heterocycles. The first-order valence-corrected chi connectivity index (χ1v) is 10.6. The van der Waals surface area contributed by atoms with Gasteiger partial charge in [-0.05, 0) is 59.7 Å². The van der Waals surface area contributed by atoms with E-state index in [0.29, 0.717) is 0 Å². The van der Waals surface area contributed by atoms with Crippen molar-refractivity contribution in [2.24, 2.45) is 46.8 Å². The smallest absolute Gasteiger partial charge is 0.0206 e. The molecule has 0 aliphatic heterocycles. The highest BCUT2D eigenvalue weighted by molar-refractivity contribution is 14.1. The van der Waals surface area contributed by atoms with Gasteiger partial charge in [-0.3, -0.25) is 0 Å². The van der Waals surface area contributed by atoms with Gasteiger partial charge in [0.25, 0.3) is 0 Å². The molecule has 16 heavy (non-hydrogen) atoms. The molecule has 6 bridgehead atoms. The minimum atomic E-state index is 0.825. The molecule has 6 rings (SSSR count). The van der Waals surface area contributed by atoms with E-state index in [1.165, 1.54) is 39.9 Å². The third kappa shape index (κ3) is 0.803. The van der Waals surface area contributed by atoms with Crippen molar-refractivity contribution >= 4 is 67.8 Å². The Labute approximate surface area is 138 Å². The normalized spacial score (nSPS) is 76.3. The molecule has 0 aromatic carbocycles. The van der Waals surface area contributed by atoms with Gasteiger partial charge in [-0.2, -0.15) is 0 Å². The van der Waals surface area contributed by atoms with Crippen molar-refractivity contribution in [3.05, 3.63) is 0 Å². The van der Waals surface area contributed by atoms with Crippen LogP contribution in [0.1, 0.15) is 12.8 Å². The van der Waals surface area contributed by atoms with Crippen molar-refractivity contribution in [1.29, 1.82) is 0 Å². The van der Waals surface area contributed by atoms with Crippen LogP contribution in [-0.4, -0.2) is 12.3 Å². The maximum Gasteiger partial charge on any atom is 0.0206 e. The summed E-state index contributed by atoms with van der Waals surface area (Å²) in [6.07, 6.45) is 3.19. The molecule has 0 aromatic heterocycles. The quantitative estimate of drug-likeness (QED) is 0.357. The zero-order chi connectivity index (χ0) is 10.8. The molecule has 0 N–H and O–H groups in total. The summed E-state index contributed by atoms with van der Waals surface area (Å²) in [4.78, 5) is 0. The first kappa shape index (κ1) is 10.9. The average Bonchev–Trinajstić information content (AvgIpc) is 2.95. The second-order valence-corrected chi connectivity index (χ2v) is 10.6. The average molecular weight is 552 g/mol. The Bertz CT molecular complexity index is 379. The van der Waals surface area contributed by atoms with Crippen molar-refractivity contribution < 1.29 is 0 Å². The van der Waals surface area contributed by atoms with Gasteiger partial charge < -0.3 is 0 Å². The van der Waals surface area contributed by atoms with Crippen LogP contribution in [0.25, 0.3) is 0 Å². The highest BCUT2D eigenvalue weighted by Crippen LogP contribution is 2.89. The lowest BCUT2D eigenvalue weighted by Gasteiger charge is -2.42. The lowest BCUT2D eigenvalue weighted by Crippen LogP contribution is -2.40. The molecule has 5 unspecified atom stereocenters. The topological polar surface area (TPSA) is 0 Å². The first-order chi connectivity index (χ1) is 7.73. The minimum absolute atomic E-state index is 0.825. The second-order valence-electron chi connectivity index (χ2n) is 6.74. The third-order valence-electron chi connectivity index (χ3n) is 7.09. The molecule has 0 nitrogen and oxygen atoms in total. The van der Waals surface area contributed by atoms with Gasteiger partial charge in [0.1, 0.15) is 0 Å². The molecule has 0 heterocycles. The molecule has 88 valence electrons. The molecule has 10 atom stereocenters. The van der Waals surface area contributed by atoms with E-state index in [9.17, 15) is 0 Å². The highest BCUT2D eigenvalue weighted by atomic mass is 127. The number of hydrogen-bond acceptors (Lipinski definition) is 0. The summed E-state index contributed by atoms with van der Waals surface area (Å²) in [7, 11) is 0. The predicted octanol–water partition coefficient (Wildman–Crippen LogP) is 4.18. The maximum atomic E-state index is 2.88. The van der Waals surface area contributed by atoms with Crippen molar-refractivity contribution in [1.82, 2.24) is 0 Å². The van der Waals surface area contributed by atoms with Crippen molar-refractivity contribution in [3.63, 3.8) is 0 Å². The van der Waals surface area contributed by atoms with Gasteiger partial charge >= 0.3 is 0 Å². The Morgan fingerprint density at radius 2 is 1.81 bits per heavy atom. The summed E-state index contributed by atoms with van der Waals surface area (Å²) in [5.74, 6) is 8.21. The van der Waals surface area contributed by atoms with Crippen LogP contribution in [0.3, 0.4) is 0 Å². The fourth-order valence-electron chi connectivity index (χ4n) is 7.35. The van der Waals surface area contributed by atoms with Crippen molar-refractivity contribution in [2.75, 3.05) is 4.43 Å². The molecule has 6 aliphatic carbocycles. The first-order valence-electron chi connectivity index (χ1n) is 6.57. The Hall–Kier alpha value is 2.19. The van der Waals surface area contributed by atoms with Gasteiger partial charge in [0.15, 0.2) is 0 Å².